The first-order valence-electron chi connectivity index (χ1n) is 6.91. The normalized spacial score (nSPS) is 38.4. The van der Waals surface area contributed by atoms with Gasteiger partial charge in [0.2, 0.25) is 5.76 Å². The molecule has 5 nitrogen and oxygen atoms in total. The molecule has 1 heterocycles. The lowest BCUT2D eigenvalue weighted by atomic mass is 9.67. The first-order chi connectivity index (χ1) is 9.15. The Morgan fingerprint density at radius 3 is 2.60 bits per heavy atom. The van der Waals surface area contributed by atoms with Crippen LogP contribution in [0.3, 0.4) is 0 Å². The SMILES string of the molecule is CC1(C)CC2[C@@H](C1)[C@H](O)c1coc(C(=O)O)c1[C@@]2(C)O. The zero-order chi connectivity index (χ0) is 14.9. The summed E-state index contributed by atoms with van der Waals surface area (Å²) in [6.07, 6.45) is 2.07. The van der Waals surface area contributed by atoms with Crippen LogP contribution in [0.25, 0.3) is 0 Å². The van der Waals surface area contributed by atoms with Gasteiger partial charge in [-0.15, -0.1) is 0 Å². The molecule has 1 saturated carbocycles. The molecular formula is C15H20O5. The van der Waals surface area contributed by atoms with Gasteiger partial charge >= 0.3 is 5.97 Å². The molecule has 1 unspecified atom stereocenters. The fraction of sp³-hybridized carbons (Fsp3) is 0.667. The van der Waals surface area contributed by atoms with Crippen LogP contribution in [-0.4, -0.2) is 21.3 Å². The van der Waals surface area contributed by atoms with E-state index in [1.807, 2.05) is 0 Å². The van der Waals surface area contributed by atoms with Crippen LogP contribution in [0.15, 0.2) is 10.7 Å². The van der Waals surface area contributed by atoms with Gasteiger partial charge in [-0.05, 0) is 37.0 Å². The van der Waals surface area contributed by atoms with Crippen molar-refractivity contribution in [2.24, 2.45) is 17.3 Å². The molecule has 110 valence electrons. The Hall–Kier alpha value is -1.33. The van der Waals surface area contributed by atoms with Crippen LogP contribution in [0.2, 0.25) is 0 Å². The second kappa shape index (κ2) is 3.86. The van der Waals surface area contributed by atoms with Crippen LogP contribution in [0.1, 0.15) is 61.4 Å². The average molecular weight is 280 g/mol. The maximum atomic E-state index is 11.3. The van der Waals surface area contributed by atoms with Crippen molar-refractivity contribution in [3.05, 3.63) is 23.2 Å². The second-order valence-corrected chi connectivity index (χ2v) is 7.14. The van der Waals surface area contributed by atoms with Crippen molar-refractivity contribution in [3.63, 3.8) is 0 Å². The molecule has 3 rings (SSSR count). The average Bonchev–Trinajstić information content (AvgIpc) is 2.88. The van der Waals surface area contributed by atoms with E-state index in [2.05, 4.69) is 13.8 Å². The third kappa shape index (κ3) is 1.66. The summed E-state index contributed by atoms with van der Waals surface area (Å²) in [6.45, 7) is 5.86. The second-order valence-electron chi connectivity index (χ2n) is 7.14. The van der Waals surface area contributed by atoms with E-state index in [4.69, 9.17) is 4.42 Å². The predicted molar refractivity (Wildman–Crippen MR) is 70.2 cm³/mol. The Balaban J connectivity index is 2.17. The fourth-order valence-corrected chi connectivity index (χ4v) is 4.24. The number of aromatic carboxylic acids is 1. The Morgan fingerprint density at radius 1 is 1.35 bits per heavy atom. The van der Waals surface area contributed by atoms with Gasteiger partial charge in [-0.25, -0.2) is 4.79 Å². The summed E-state index contributed by atoms with van der Waals surface area (Å²) in [5, 5.41) is 30.7. The van der Waals surface area contributed by atoms with Gasteiger partial charge in [-0.3, -0.25) is 0 Å². The molecule has 2 aliphatic carbocycles. The maximum absolute atomic E-state index is 11.3. The quantitative estimate of drug-likeness (QED) is 0.734. The number of rotatable bonds is 1. The van der Waals surface area contributed by atoms with Gasteiger partial charge in [0.25, 0.3) is 0 Å². The molecular weight excluding hydrogens is 260 g/mol. The van der Waals surface area contributed by atoms with Crippen LogP contribution >= 0.6 is 0 Å². The monoisotopic (exact) mass is 280 g/mol. The minimum atomic E-state index is -1.28. The van der Waals surface area contributed by atoms with E-state index in [1.165, 1.54) is 6.26 Å². The van der Waals surface area contributed by atoms with E-state index in [1.54, 1.807) is 6.92 Å². The van der Waals surface area contributed by atoms with Crippen molar-refractivity contribution in [3.8, 4) is 0 Å². The van der Waals surface area contributed by atoms with Gasteiger partial charge < -0.3 is 19.7 Å². The number of hydrogen-bond acceptors (Lipinski definition) is 4. The van der Waals surface area contributed by atoms with Crippen LogP contribution < -0.4 is 0 Å². The number of carboxylic acids is 1. The number of carbonyl (C=O) groups is 1. The largest absolute Gasteiger partial charge is 0.475 e. The highest BCUT2D eigenvalue weighted by Crippen LogP contribution is 2.60. The Labute approximate surface area is 117 Å². The topological polar surface area (TPSA) is 90.9 Å². The van der Waals surface area contributed by atoms with Gasteiger partial charge in [0.1, 0.15) is 0 Å². The van der Waals surface area contributed by atoms with E-state index in [0.717, 1.165) is 12.8 Å². The van der Waals surface area contributed by atoms with Crippen molar-refractivity contribution in [2.75, 3.05) is 0 Å². The smallest absolute Gasteiger partial charge is 0.372 e. The molecule has 0 saturated heterocycles. The molecule has 0 bridgehead atoms. The highest BCUT2D eigenvalue weighted by atomic mass is 16.4. The summed E-state index contributed by atoms with van der Waals surface area (Å²) in [6, 6.07) is 0. The van der Waals surface area contributed by atoms with E-state index >= 15 is 0 Å². The minimum absolute atomic E-state index is 0.0320. The number of aliphatic hydroxyl groups is 2. The van der Waals surface area contributed by atoms with Gasteiger partial charge in [0, 0.05) is 11.1 Å². The van der Waals surface area contributed by atoms with Crippen LogP contribution in [-0.2, 0) is 5.60 Å². The lowest BCUT2D eigenvalue weighted by Crippen LogP contribution is -2.42. The van der Waals surface area contributed by atoms with Gasteiger partial charge in [-0.1, -0.05) is 13.8 Å². The first-order valence-corrected chi connectivity index (χ1v) is 6.91. The number of furan rings is 1. The van der Waals surface area contributed by atoms with Crippen LogP contribution in [0.5, 0.6) is 0 Å². The van der Waals surface area contributed by atoms with Crippen molar-refractivity contribution in [1.29, 1.82) is 0 Å². The van der Waals surface area contributed by atoms with Gasteiger partial charge in [-0.2, -0.15) is 0 Å². The molecule has 3 N–H and O–H groups in total. The molecule has 5 heteroatoms. The lowest BCUT2D eigenvalue weighted by Gasteiger charge is -2.41. The predicted octanol–water partition coefficient (Wildman–Crippen LogP) is 2.28. The van der Waals surface area contributed by atoms with E-state index in [9.17, 15) is 20.1 Å². The number of hydrogen-bond donors (Lipinski definition) is 3. The van der Waals surface area contributed by atoms with E-state index in [-0.39, 0.29) is 28.6 Å². The maximum Gasteiger partial charge on any atom is 0.372 e. The summed E-state index contributed by atoms with van der Waals surface area (Å²) >= 11 is 0. The van der Waals surface area contributed by atoms with E-state index in [0.29, 0.717) is 5.56 Å². The molecule has 20 heavy (non-hydrogen) atoms. The van der Waals surface area contributed by atoms with Crippen molar-refractivity contribution < 1.29 is 24.5 Å². The molecule has 4 atom stereocenters. The summed E-state index contributed by atoms with van der Waals surface area (Å²) in [4.78, 5) is 11.3. The standard InChI is InChI=1S/C15H20O5/c1-14(2)4-7-9(5-14)15(3,19)10-8(11(7)16)6-20-12(10)13(17)18/h6-7,9,11,16,19H,4-5H2,1-3H3,(H,17,18)/t7-,9?,11+,15+/m1/s1. The fourth-order valence-electron chi connectivity index (χ4n) is 4.24. The summed E-state index contributed by atoms with van der Waals surface area (Å²) in [5.74, 6) is -1.69. The molecule has 0 aromatic carbocycles. The number of carboxylic acid groups (broad SMARTS) is 1. The molecule has 0 radical (unpaired) electrons. The first kappa shape index (κ1) is 13.6. The van der Waals surface area contributed by atoms with Gasteiger partial charge in [0.15, 0.2) is 0 Å². The highest BCUT2D eigenvalue weighted by Gasteiger charge is 2.57. The zero-order valence-electron chi connectivity index (χ0n) is 11.9. The highest BCUT2D eigenvalue weighted by molar-refractivity contribution is 5.87. The molecule has 0 spiro atoms. The van der Waals surface area contributed by atoms with Crippen LogP contribution in [0, 0.1) is 17.3 Å². The number of fused-ring (bicyclic) bond motifs is 2. The minimum Gasteiger partial charge on any atom is -0.475 e. The zero-order valence-corrected chi connectivity index (χ0v) is 11.9. The van der Waals surface area contributed by atoms with Gasteiger partial charge in [0.05, 0.1) is 18.0 Å². The third-order valence-electron chi connectivity index (χ3n) is 5.04. The molecule has 2 aliphatic rings. The Bertz CT molecular complexity index is 569. The molecule has 1 aromatic rings. The molecule has 1 fully saturated rings. The van der Waals surface area contributed by atoms with Crippen molar-refractivity contribution in [2.45, 2.75) is 45.3 Å². The summed E-state index contributed by atoms with van der Waals surface area (Å²) < 4.78 is 5.08. The Morgan fingerprint density at radius 2 is 2.00 bits per heavy atom. The number of aliphatic hydroxyl groups excluding tert-OH is 1. The van der Waals surface area contributed by atoms with Crippen LogP contribution in [0.4, 0.5) is 0 Å². The molecule has 0 amide bonds. The molecule has 1 aromatic heterocycles. The summed E-state index contributed by atoms with van der Waals surface area (Å²) in [5.41, 5.74) is -0.583. The Kier molecular flexibility index (Phi) is 2.63. The summed E-state index contributed by atoms with van der Waals surface area (Å²) in [7, 11) is 0. The molecule has 0 aliphatic heterocycles. The van der Waals surface area contributed by atoms with Crippen molar-refractivity contribution in [1.82, 2.24) is 0 Å². The third-order valence-corrected chi connectivity index (χ3v) is 5.04. The van der Waals surface area contributed by atoms with Crippen molar-refractivity contribution >= 4 is 5.97 Å². The lowest BCUT2D eigenvalue weighted by molar-refractivity contribution is -0.0706. The van der Waals surface area contributed by atoms with E-state index < -0.39 is 17.7 Å².